The van der Waals surface area contributed by atoms with E-state index in [4.69, 9.17) is 9.73 Å². The van der Waals surface area contributed by atoms with Crippen LogP contribution in [0.15, 0.2) is 35.5 Å². The first-order chi connectivity index (χ1) is 14.1. The molecule has 1 aromatic heterocycles. The molecule has 1 fully saturated rings. The Morgan fingerprint density at radius 2 is 2.17 bits per heavy atom. The number of rotatable bonds is 8. The number of hydrogen-bond acceptors (Lipinski definition) is 5. The minimum atomic E-state index is 0. The van der Waals surface area contributed by atoms with E-state index in [0.29, 0.717) is 12.6 Å². The number of halogens is 1. The maximum Gasteiger partial charge on any atom is 0.191 e. The molecule has 1 aliphatic heterocycles. The Morgan fingerprint density at radius 1 is 1.33 bits per heavy atom. The monoisotopic (exact) mass is 543 g/mol. The number of thiazole rings is 1. The number of aliphatic imine (C=N–C) groups is 1. The maximum atomic E-state index is 5.64. The average Bonchev–Trinajstić information content (AvgIpc) is 3.11. The van der Waals surface area contributed by atoms with Gasteiger partial charge in [-0.3, -0.25) is 4.90 Å². The Hall–Kier alpha value is -1.23. The summed E-state index contributed by atoms with van der Waals surface area (Å²) in [6, 6.07) is 8.75. The Bertz CT molecular complexity index is 797. The van der Waals surface area contributed by atoms with Gasteiger partial charge in [-0.25, -0.2) is 9.98 Å². The van der Waals surface area contributed by atoms with Crippen LogP contribution in [0.25, 0.3) is 0 Å². The van der Waals surface area contributed by atoms with Gasteiger partial charge < -0.3 is 15.4 Å². The fourth-order valence-corrected chi connectivity index (χ4v) is 4.22. The summed E-state index contributed by atoms with van der Waals surface area (Å²) < 4.78 is 5.64. The van der Waals surface area contributed by atoms with E-state index in [9.17, 15) is 0 Å². The van der Waals surface area contributed by atoms with Crippen LogP contribution >= 0.6 is 35.3 Å². The SMILES string of the molecule is CCNC(=NCc1cccc(CN2CCOC(C)C2)c1)NCCc1ncc(C)s1.I. The molecule has 2 N–H and O–H groups in total. The van der Waals surface area contributed by atoms with Crippen molar-refractivity contribution >= 4 is 41.3 Å². The standard InChI is InChI=1S/C22H33N5OS.HI/c1-4-23-22(24-9-8-21-25-13-18(3)29-21)26-14-19-6-5-7-20(12-19)16-27-10-11-28-17(2)15-27;/h5-7,12-13,17H,4,8-11,14-16H2,1-3H3,(H2,23,24,26);1H. The van der Waals surface area contributed by atoms with Gasteiger partial charge in [0.2, 0.25) is 0 Å². The van der Waals surface area contributed by atoms with Gasteiger partial charge >= 0.3 is 0 Å². The zero-order chi connectivity index (χ0) is 20.5. The molecule has 1 aromatic carbocycles. The molecule has 0 amide bonds. The molecule has 1 aliphatic rings. The van der Waals surface area contributed by atoms with Crippen molar-refractivity contribution in [2.24, 2.45) is 4.99 Å². The second-order valence-electron chi connectivity index (χ2n) is 7.47. The quantitative estimate of drug-likeness (QED) is 0.303. The molecule has 8 heteroatoms. The molecule has 1 saturated heterocycles. The highest BCUT2D eigenvalue weighted by Gasteiger charge is 2.16. The van der Waals surface area contributed by atoms with E-state index in [1.165, 1.54) is 16.0 Å². The van der Waals surface area contributed by atoms with Crippen LogP contribution in [-0.2, 0) is 24.2 Å². The number of aryl methyl sites for hydroxylation is 1. The van der Waals surface area contributed by atoms with Crippen LogP contribution < -0.4 is 10.6 Å². The van der Waals surface area contributed by atoms with E-state index in [1.54, 1.807) is 11.3 Å². The van der Waals surface area contributed by atoms with E-state index in [1.807, 2.05) is 6.20 Å². The molecule has 3 rings (SSSR count). The lowest BCUT2D eigenvalue weighted by Gasteiger charge is -2.31. The van der Waals surface area contributed by atoms with Gasteiger partial charge in [-0.2, -0.15) is 0 Å². The highest BCUT2D eigenvalue weighted by atomic mass is 127. The zero-order valence-corrected chi connectivity index (χ0v) is 21.3. The zero-order valence-electron chi connectivity index (χ0n) is 18.2. The van der Waals surface area contributed by atoms with Gasteiger partial charge in [0, 0.05) is 50.2 Å². The van der Waals surface area contributed by atoms with Crippen molar-refractivity contribution < 1.29 is 4.74 Å². The molecule has 1 atom stereocenters. The molecule has 0 aliphatic carbocycles. The number of benzene rings is 1. The summed E-state index contributed by atoms with van der Waals surface area (Å²) in [6.07, 6.45) is 3.17. The summed E-state index contributed by atoms with van der Waals surface area (Å²) in [4.78, 5) is 12.9. The Balaban J connectivity index is 0.00000320. The van der Waals surface area contributed by atoms with Gasteiger partial charge in [0.15, 0.2) is 5.96 Å². The molecule has 2 aromatic rings. The fraction of sp³-hybridized carbons (Fsp3) is 0.545. The van der Waals surface area contributed by atoms with Crippen LogP contribution in [0.5, 0.6) is 0 Å². The lowest BCUT2D eigenvalue weighted by Crippen LogP contribution is -2.40. The summed E-state index contributed by atoms with van der Waals surface area (Å²) >= 11 is 1.76. The summed E-state index contributed by atoms with van der Waals surface area (Å²) in [5.41, 5.74) is 2.57. The van der Waals surface area contributed by atoms with Crippen molar-refractivity contribution in [3.63, 3.8) is 0 Å². The van der Waals surface area contributed by atoms with Gasteiger partial charge in [-0.05, 0) is 31.9 Å². The smallest absolute Gasteiger partial charge is 0.191 e. The summed E-state index contributed by atoms with van der Waals surface area (Å²) in [6.45, 7) is 12.4. The van der Waals surface area contributed by atoms with Crippen LogP contribution in [0.1, 0.15) is 34.9 Å². The van der Waals surface area contributed by atoms with Gasteiger partial charge in [-0.15, -0.1) is 35.3 Å². The number of hydrogen-bond donors (Lipinski definition) is 2. The summed E-state index contributed by atoms with van der Waals surface area (Å²) in [5, 5.41) is 7.91. The van der Waals surface area contributed by atoms with E-state index in [0.717, 1.165) is 56.7 Å². The number of nitrogens with one attached hydrogen (secondary N) is 2. The predicted octanol–water partition coefficient (Wildman–Crippen LogP) is 3.59. The van der Waals surface area contributed by atoms with Crippen molar-refractivity contribution in [2.45, 2.75) is 46.4 Å². The Labute approximate surface area is 201 Å². The van der Waals surface area contributed by atoms with Gasteiger partial charge in [0.05, 0.1) is 24.3 Å². The molecule has 0 bridgehead atoms. The normalized spacial score (nSPS) is 17.4. The lowest BCUT2D eigenvalue weighted by atomic mass is 10.1. The molecule has 30 heavy (non-hydrogen) atoms. The molecule has 0 saturated carbocycles. The van der Waals surface area contributed by atoms with Gasteiger partial charge in [-0.1, -0.05) is 24.3 Å². The lowest BCUT2D eigenvalue weighted by molar-refractivity contribution is -0.0212. The number of aromatic nitrogens is 1. The number of ether oxygens (including phenoxy) is 1. The highest BCUT2D eigenvalue weighted by molar-refractivity contribution is 14.0. The molecule has 166 valence electrons. The topological polar surface area (TPSA) is 61.8 Å². The summed E-state index contributed by atoms with van der Waals surface area (Å²) in [5.74, 6) is 0.855. The predicted molar refractivity (Wildman–Crippen MR) is 136 cm³/mol. The number of guanidine groups is 1. The van der Waals surface area contributed by atoms with Crippen LogP contribution in [0.2, 0.25) is 0 Å². The molecule has 0 spiro atoms. The van der Waals surface area contributed by atoms with Crippen molar-refractivity contribution in [1.82, 2.24) is 20.5 Å². The van der Waals surface area contributed by atoms with E-state index < -0.39 is 0 Å². The van der Waals surface area contributed by atoms with Crippen LogP contribution in [0.4, 0.5) is 0 Å². The number of nitrogens with zero attached hydrogens (tertiary/aromatic N) is 3. The molecule has 6 nitrogen and oxygen atoms in total. The molecule has 2 heterocycles. The molecule has 1 unspecified atom stereocenters. The van der Waals surface area contributed by atoms with Crippen molar-refractivity contribution in [2.75, 3.05) is 32.8 Å². The molecule has 0 radical (unpaired) electrons. The second kappa shape index (κ2) is 13.2. The first-order valence-electron chi connectivity index (χ1n) is 10.5. The van der Waals surface area contributed by atoms with Crippen molar-refractivity contribution in [1.29, 1.82) is 0 Å². The van der Waals surface area contributed by atoms with E-state index >= 15 is 0 Å². The first-order valence-corrected chi connectivity index (χ1v) is 11.3. The third-order valence-corrected chi connectivity index (χ3v) is 5.76. The fourth-order valence-electron chi connectivity index (χ4n) is 3.44. The Kier molecular flexibility index (Phi) is 11.0. The Morgan fingerprint density at radius 3 is 2.90 bits per heavy atom. The highest BCUT2D eigenvalue weighted by Crippen LogP contribution is 2.13. The molecular formula is C22H34IN5OS. The minimum absolute atomic E-state index is 0. The third kappa shape index (κ3) is 8.49. The summed E-state index contributed by atoms with van der Waals surface area (Å²) in [7, 11) is 0. The molecular weight excluding hydrogens is 509 g/mol. The van der Waals surface area contributed by atoms with Gasteiger partial charge in [0.25, 0.3) is 0 Å². The van der Waals surface area contributed by atoms with E-state index in [2.05, 4.69) is 65.6 Å². The minimum Gasteiger partial charge on any atom is -0.376 e. The second-order valence-corrected chi connectivity index (χ2v) is 8.79. The average molecular weight is 544 g/mol. The van der Waals surface area contributed by atoms with Crippen LogP contribution in [0.3, 0.4) is 0 Å². The maximum absolute atomic E-state index is 5.64. The van der Waals surface area contributed by atoms with Gasteiger partial charge in [0.1, 0.15) is 0 Å². The van der Waals surface area contributed by atoms with Crippen LogP contribution in [0, 0.1) is 6.92 Å². The van der Waals surface area contributed by atoms with Crippen molar-refractivity contribution in [3.05, 3.63) is 51.5 Å². The van der Waals surface area contributed by atoms with E-state index in [-0.39, 0.29) is 24.0 Å². The van der Waals surface area contributed by atoms with Crippen molar-refractivity contribution in [3.8, 4) is 0 Å². The first kappa shape index (κ1) is 25.0. The van der Waals surface area contributed by atoms with Crippen LogP contribution in [-0.4, -0.2) is 54.7 Å². The third-order valence-electron chi connectivity index (χ3n) is 4.79. The largest absolute Gasteiger partial charge is 0.376 e. The number of morpholine rings is 1.